The van der Waals surface area contributed by atoms with Gasteiger partial charge in [-0.05, 0) is 13.0 Å². The Balaban J connectivity index is 0.000000810. The molecule has 0 amide bonds. The first-order valence-corrected chi connectivity index (χ1v) is 2.89. The van der Waals surface area contributed by atoms with Crippen LogP contribution in [-0.2, 0) is 0 Å². The lowest BCUT2D eigenvalue weighted by Gasteiger charge is -2.27. The maximum absolute atomic E-state index is 12.3. The van der Waals surface area contributed by atoms with E-state index >= 15 is 0 Å². The number of halogens is 3. The second-order valence-electron chi connectivity index (χ2n) is 2.24. The molecule has 1 atom stereocenters. The molecule has 0 aliphatic carbocycles. The van der Waals surface area contributed by atoms with Crippen molar-refractivity contribution >= 4 is 12.4 Å². The number of aliphatic hydroxyl groups is 1. The van der Waals surface area contributed by atoms with Crippen molar-refractivity contribution in [2.75, 3.05) is 13.1 Å². The van der Waals surface area contributed by atoms with E-state index in [4.69, 9.17) is 5.11 Å². The number of rotatable bonds is 0. The van der Waals surface area contributed by atoms with Crippen molar-refractivity contribution in [2.24, 2.45) is 0 Å². The van der Waals surface area contributed by atoms with Gasteiger partial charge in [0, 0.05) is 0 Å². The number of piperidine rings is 1. The summed E-state index contributed by atoms with van der Waals surface area (Å²) in [6.07, 6.45) is -1.30. The Bertz CT molecular complexity index is 112. The van der Waals surface area contributed by atoms with Crippen molar-refractivity contribution in [3.63, 3.8) is 0 Å². The number of hydrogen-bond donors (Lipinski definition) is 2. The topological polar surface area (TPSA) is 32.3 Å². The van der Waals surface area contributed by atoms with Crippen LogP contribution in [0.3, 0.4) is 0 Å². The van der Waals surface area contributed by atoms with E-state index in [0.29, 0.717) is 6.54 Å². The van der Waals surface area contributed by atoms with Crippen LogP contribution in [0.4, 0.5) is 8.78 Å². The molecule has 10 heavy (non-hydrogen) atoms. The fourth-order valence-corrected chi connectivity index (χ4v) is 0.823. The van der Waals surface area contributed by atoms with Crippen molar-refractivity contribution < 1.29 is 13.9 Å². The van der Waals surface area contributed by atoms with E-state index in [9.17, 15) is 8.78 Å². The summed E-state index contributed by atoms with van der Waals surface area (Å²) >= 11 is 0. The van der Waals surface area contributed by atoms with Crippen molar-refractivity contribution in [2.45, 2.75) is 18.4 Å². The molecule has 1 aliphatic rings. The lowest BCUT2D eigenvalue weighted by atomic mass is 10.1. The summed E-state index contributed by atoms with van der Waals surface area (Å²) in [6.45, 7) is 0.0882. The summed E-state index contributed by atoms with van der Waals surface area (Å²) in [7, 11) is 0. The van der Waals surface area contributed by atoms with E-state index in [1.807, 2.05) is 0 Å². The minimum atomic E-state index is -2.92. The van der Waals surface area contributed by atoms with Crippen molar-refractivity contribution in [3.05, 3.63) is 0 Å². The first kappa shape index (κ1) is 10.1. The van der Waals surface area contributed by atoms with Crippen LogP contribution in [0.5, 0.6) is 0 Å². The molecule has 1 aliphatic heterocycles. The maximum Gasteiger partial charge on any atom is 0.285 e. The molecular formula is C5H10ClF2NO. The number of nitrogens with one attached hydrogen (secondary N) is 1. The zero-order chi connectivity index (χ0) is 6.91. The summed E-state index contributed by atoms with van der Waals surface area (Å²) in [4.78, 5) is 0. The molecule has 1 rings (SSSR count). The van der Waals surface area contributed by atoms with Gasteiger partial charge in [0.25, 0.3) is 5.92 Å². The van der Waals surface area contributed by atoms with Crippen LogP contribution in [0.15, 0.2) is 0 Å². The average molecular weight is 174 g/mol. The van der Waals surface area contributed by atoms with Gasteiger partial charge < -0.3 is 10.4 Å². The predicted octanol–water partition coefficient (Wildman–Crippen LogP) is 0.398. The molecule has 0 radical (unpaired) electrons. The van der Waals surface area contributed by atoms with Crippen LogP contribution in [0, 0.1) is 0 Å². The molecule has 2 nitrogen and oxygen atoms in total. The molecule has 0 aromatic carbocycles. The molecule has 1 heterocycles. The normalized spacial score (nSPS) is 30.9. The summed E-state index contributed by atoms with van der Waals surface area (Å²) in [6, 6.07) is 0. The number of hydrogen-bond acceptors (Lipinski definition) is 2. The van der Waals surface area contributed by atoms with Gasteiger partial charge in [-0.3, -0.25) is 0 Å². The Labute approximate surface area is 64.0 Å². The molecule has 0 aromatic heterocycles. The molecule has 0 saturated carbocycles. The fraction of sp³-hybridized carbons (Fsp3) is 1.00. The van der Waals surface area contributed by atoms with Crippen molar-refractivity contribution in [3.8, 4) is 0 Å². The molecule has 1 saturated heterocycles. The van der Waals surface area contributed by atoms with Gasteiger partial charge >= 0.3 is 0 Å². The van der Waals surface area contributed by atoms with E-state index in [1.165, 1.54) is 0 Å². The smallest absolute Gasteiger partial charge is 0.285 e. The van der Waals surface area contributed by atoms with Crippen LogP contribution < -0.4 is 5.32 Å². The van der Waals surface area contributed by atoms with E-state index in [0.717, 1.165) is 0 Å². The molecule has 62 valence electrons. The van der Waals surface area contributed by atoms with Crippen molar-refractivity contribution in [1.82, 2.24) is 5.32 Å². The highest BCUT2D eigenvalue weighted by atomic mass is 35.5. The van der Waals surface area contributed by atoms with E-state index in [2.05, 4.69) is 5.32 Å². The Hall–Kier alpha value is 0.0700. The van der Waals surface area contributed by atoms with Gasteiger partial charge in [-0.1, -0.05) is 0 Å². The minimum absolute atomic E-state index is 0. The quantitative estimate of drug-likeness (QED) is 0.556. The van der Waals surface area contributed by atoms with Gasteiger partial charge in [0.2, 0.25) is 0 Å². The first-order valence-electron chi connectivity index (χ1n) is 2.89. The highest BCUT2D eigenvalue weighted by Gasteiger charge is 2.39. The third-order valence-electron chi connectivity index (χ3n) is 1.44. The number of alkyl halides is 2. The zero-order valence-corrected chi connectivity index (χ0v) is 6.13. The highest BCUT2D eigenvalue weighted by molar-refractivity contribution is 5.85. The van der Waals surface area contributed by atoms with E-state index in [-0.39, 0.29) is 18.8 Å². The number of aliphatic hydroxyl groups excluding tert-OH is 1. The van der Waals surface area contributed by atoms with Gasteiger partial charge in [0.05, 0.1) is 6.54 Å². The van der Waals surface area contributed by atoms with E-state index in [1.54, 1.807) is 0 Å². The molecule has 0 spiro atoms. The summed E-state index contributed by atoms with van der Waals surface area (Å²) in [5, 5.41) is 11.1. The van der Waals surface area contributed by atoms with Gasteiger partial charge in [0.15, 0.2) is 0 Å². The zero-order valence-electron chi connectivity index (χ0n) is 5.31. The summed E-state index contributed by atoms with van der Waals surface area (Å²) < 4.78 is 24.6. The van der Waals surface area contributed by atoms with Crippen molar-refractivity contribution in [1.29, 1.82) is 0 Å². The van der Waals surface area contributed by atoms with Crippen LogP contribution in [0.25, 0.3) is 0 Å². The minimum Gasteiger partial charge on any atom is -0.387 e. The lowest BCUT2D eigenvalue weighted by Crippen LogP contribution is -2.49. The maximum atomic E-state index is 12.3. The standard InChI is InChI=1S/C5H9F2NO.ClH/c6-5(7)3-8-2-1-4(5)9;/h4,8-9H,1-3H2;1H/t4-;/m1./s1. The molecular weight excluding hydrogens is 164 g/mol. The van der Waals surface area contributed by atoms with Crippen LogP contribution >= 0.6 is 12.4 Å². The van der Waals surface area contributed by atoms with Gasteiger partial charge in [0.1, 0.15) is 6.10 Å². The largest absolute Gasteiger partial charge is 0.387 e. The third-order valence-corrected chi connectivity index (χ3v) is 1.44. The van der Waals surface area contributed by atoms with Crippen LogP contribution in [0.2, 0.25) is 0 Å². The second kappa shape index (κ2) is 3.46. The van der Waals surface area contributed by atoms with Gasteiger partial charge in [-0.2, -0.15) is 0 Å². The Morgan fingerprint density at radius 1 is 1.50 bits per heavy atom. The predicted molar refractivity (Wildman–Crippen MR) is 35.7 cm³/mol. The van der Waals surface area contributed by atoms with Crippen LogP contribution in [0.1, 0.15) is 6.42 Å². The third kappa shape index (κ3) is 2.04. The lowest BCUT2D eigenvalue weighted by molar-refractivity contribution is -0.120. The van der Waals surface area contributed by atoms with Gasteiger partial charge in [-0.25, -0.2) is 8.78 Å². The highest BCUT2D eigenvalue weighted by Crippen LogP contribution is 2.22. The molecule has 0 bridgehead atoms. The Morgan fingerprint density at radius 2 is 2.10 bits per heavy atom. The van der Waals surface area contributed by atoms with E-state index < -0.39 is 18.6 Å². The van der Waals surface area contributed by atoms with Gasteiger partial charge in [-0.15, -0.1) is 12.4 Å². The molecule has 2 N–H and O–H groups in total. The fourth-order valence-electron chi connectivity index (χ4n) is 0.823. The average Bonchev–Trinajstić information content (AvgIpc) is 1.77. The SMILES string of the molecule is Cl.O[C@@H]1CCNCC1(F)F. The molecule has 0 aromatic rings. The molecule has 5 heteroatoms. The monoisotopic (exact) mass is 173 g/mol. The summed E-state index contributed by atoms with van der Waals surface area (Å²) in [5.74, 6) is -2.92. The van der Waals surface area contributed by atoms with Crippen LogP contribution in [-0.4, -0.2) is 30.2 Å². The summed E-state index contributed by atoms with van der Waals surface area (Å²) in [5.41, 5.74) is 0. The first-order chi connectivity index (χ1) is 4.13. The molecule has 1 fully saturated rings. The molecule has 0 unspecified atom stereocenters. The Morgan fingerprint density at radius 3 is 2.40 bits per heavy atom. The second-order valence-corrected chi connectivity index (χ2v) is 2.24. The Kier molecular flexibility index (Phi) is 3.48.